The van der Waals surface area contributed by atoms with Gasteiger partial charge in [-0.05, 0) is 33.7 Å². The van der Waals surface area contributed by atoms with Gasteiger partial charge in [0.25, 0.3) is 5.79 Å². The third-order valence-corrected chi connectivity index (χ3v) is 10.1. The molecule has 7 rings (SSSR count). The van der Waals surface area contributed by atoms with E-state index in [1.807, 2.05) is 54.6 Å². The maximum absolute atomic E-state index is 11.8. The molecule has 2 unspecified atom stereocenters. The lowest BCUT2D eigenvalue weighted by Crippen LogP contribution is -2.73. The van der Waals surface area contributed by atoms with E-state index in [9.17, 15) is 5.11 Å². The molecule has 3 aliphatic heterocycles. The summed E-state index contributed by atoms with van der Waals surface area (Å²) < 4.78 is 42.4. The average molecular weight is 689 g/mol. The van der Waals surface area contributed by atoms with Crippen LogP contribution in [0.3, 0.4) is 0 Å². The highest BCUT2D eigenvalue weighted by molar-refractivity contribution is 6.11. The first kappa shape index (κ1) is 34.9. The molecule has 0 amide bonds. The summed E-state index contributed by atoms with van der Waals surface area (Å²) in [6.45, 7) is 15.3. The largest absolute Gasteiger partial charge is 0.507 e. The Hall–Kier alpha value is -3.48. The zero-order valence-corrected chi connectivity index (χ0v) is 29.7. The summed E-state index contributed by atoms with van der Waals surface area (Å²) in [6, 6.07) is 19.7. The van der Waals surface area contributed by atoms with Crippen molar-refractivity contribution in [3.63, 3.8) is 0 Å². The molecule has 0 bridgehead atoms. The van der Waals surface area contributed by atoms with Crippen molar-refractivity contribution in [2.24, 2.45) is 10.8 Å². The van der Waals surface area contributed by atoms with E-state index in [-0.39, 0.29) is 23.2 Å². The fourth-order valence-electron chi connectivity index (χ4n) is 8.09. The van der Waals surface area contributed by atoms with Crippen molar-refractivity contribution in [2.75, 3.05) is 72.7 Å². The third kappa shape index (κ3) is 5.81. The SMILES string of the molecule is CC(C)(C)C12OOC1(c1cccc3c(-c4c5c(cc6ccccc46)OCCOCCOCCOCCOCCO5)c(O)ccc13)OCC2(C)C. The van der Waals surface area contributed by atoms with Crippen LogP contribution in [0.1, 0.15) is 40.2 Å². The van der Waals surface area contributed by atoms with E-state index in [1.165, 1.54) is 0 Å². The second-order valence-corrected chi connectivity index (χ2v) is 14.7. The van der Waals surface area contributed by atoms with Gasteiger partial charge in [-0.3, -0.25) is 0 Å². The first-order valence-electron chi connectivity index (χ1n) is 17.5. The van der Waals surface area contributed by atoms with Gasteiger partial charge in [-0.1, -0.05) is 83.1 Å². The van der Waals surface area contributed by atoms with Crippen molar-refractivity contribution in [2.45, 2.75) is 46.0 Å². The molecule has 10 nitrogen and oxygen atoms in total. The molecule has 2 atom stereocenters. The van der Waals surface area contributed by atoms with Gasteiger partial charge in [0, 0.05) is 27.5 Å². The Morgan fingerprint density at radius 3 is 1.88 bits per heavy atom. The standard InChI is InChI=1S/C40H48O10/c1-37(2,3)40-38(4,5)26-48-39(40,49-50-40)31-12-8-11-30-29(31)13-14-32(41)34(30)35-28-10-7-6-9-27(28)25-33-36(35)47-24-22-45-20-18-43-16-15-42-17-19-44-21-23-46-33/h6-14,25,41H,15-24,26H2,1-5H3. The highest BCUT2D eigenvalue weighted by atomic mass is 17.3. The number of rotatable bonds is 2. The van der Waals surface area contributed by atoms with Crippen LogP contribution in [0.4, 0.5) is 0 Å². The molecular weight excluding hydrogens is 640 g/mol. The molecule has 2 fully saturated rings. The smallest absolute Gasteiger partial charge is 0.262 e. The molecule has 3 heterocycles. The maximum Gasteiger partial charge on any atom is 0.262 e. The predicted molar refractivity (Wildman–Crippen MR) is 189 cm³/mol. The average Bonchev–Trinajstić information content (AvgIpc) is 3.23. The van der Waals surface area contributed by atoms with Gasteiger partial charge in [-0.2, -0.15) is 4.89 Å². The quantitative estimate of drug-likeness (QED) is 0.218. The lowest BCUT2D eigenvalue weighted by Gasteiger charge is -2.61. The lowest BCUT2D eigenvalue weighted by molar-refractivity contribution is -0.626. The molecular formula is C40H48O10. The highest BCUT2D eigenvalue weighted by Crippen LogP contribution is 2.69. The van der Waals surface area contributed by atoms with E-state index >= 15 is 0 Å². The summed E-state index contributed by atoms with van der Waals surface area (Å²) in [5.74, 6) is -0.00469. The summed E-state index contributed by atoms with van der Waals surface area (Å²) in [7, 11) is 0. The highest BCUT2D eigenvalue weighted by Gasteiger charge is 2.81. The number of ether oxygens (including phenoxy) is 7. The minimum atomic E-state index is -1.15. The molecule has 0 radical (unpaired) electrons. The number of hydrogen-bond acceptors (Lipinski definition) is 10. The van der Waals surface area contributed by atoms with Gasteiger partial charge < -0.3 is 38.3 Å². The van der Waals surface area contributed by atoms with Crippen molar-refractivity contribution < 1.29 is 48.0 Å². The summed E-state index contributed by atoms with van der Waals surface area (Å²) in [6.07, 6.45) is 0. The van der Waals surface area contributed by atoms with Crippen molar-refractivity contribution in [1.29, 1.82) is 0 Å². The number of phenols is 1. The lowest BCUT2D eigenvalue weighted by atomic mass is 9.57. The number of benzene rings is 4. The van der Waals surface area contributed by atoms with E-state index in [4.69, 9.17) is 42.9 Å². The van der Waals surface area contributed by atoms with Gasteiger partial charge in [-0.25, -0.2) is 4.89 Å². The molecule has 0 spiro atoms. The van der Waals surface area contributed by atoms with E-state index in [2.05, 4.69) is 34.6 Å². The molecule has 3 aliphatic rings. The zero-order valence-electron chi connectivity index (χ0n) is 29.7. The van der Waals surface area contributed by atoms with E-state index in [0.717, 1.165) is 27.1 Å². The van der Waals surface area contributed by atoms with Gasteiger partial charge in [0.2, 0.25) is 0 Å². The van der Waals surface area contributed by atoms with Crippen LogP contribution < -0.4 is 9.47 Å². The first-order valence-corrected chi connectivity index (χ1v) is 17.5. The monoisotopic (exact) mass is 688 g/mol. The zero-order chi connectivity index (χ0) is 35.0. The third-order valence-electron chi connectivity index (χ3n) is 10.1. The van der Waals surface area contributed by atoms with Crippen molar-refractivity contribution >= 4 is 21.5 Å². The summed E-state index contributed by atoms with van der Waals surface area (Å²) in [5.41, 5.74) is 0.705. The number of fused-ring (bicyclic) bond motifs is 4. The summed E-state index contributed by atoms with van der Waals surface area (Å²) >= 11 is 0. The van der Waals surface area contributed by atoms with Crippen molar-refractivity contribution in [3.8, 4) is 28.4 Å². The van der Waals surface area contributed by atoms with E-state index in [0.29, 0.717) is 88.7 Å². The first-order chi connectivity index (χ1) is 24.1. The summed E-state index contributed by atoms with van der Waals surface area (Å²) in [4.78, 5) is 12.3. The van der Waals surface area contributed by atoms with Gasteiger partial charge in [0.05, 0.1) is 59.5 Å². The topological polar surface area (TPSA) is 103 Å². The Bertz CT molecular complexity index is 1830. The molecule has 50 heavy (non-hydrogen) atoms. The van der Waals surface area contributed by atoms with Crippen LogP contribution in [0.2, 0.25) is 0 Å². The van der Waals surface area contributed by atoms with Gasteiger partial charge in [-0.15, -0.1) is 0 Å². The fourth-order valence-corrected chi connectivity index (χ4v) is 8.09. The molecule has 268 valence electrons. The van der Waals surface area contributed by atoms with Crippen LogP contribution in [0, 0.1) is 10.8 Å². The van der Waals surface area contributed by atoms with Gasteiger partial charge in [0.15, 0.2) is 17.1 Å². The van der Waals surface area contributed by atoms with Crippen molar-refractivity contribution in [3.05, 3.63) is 66.2 Å². The predicted octanol–water partition coefficient (Wildman–Crippen LogP) is 7.16. The number of aromatic hydroxyl groups is 1. The molecule has 2 saturated heterocycles. The van der Waals surface area contributed by atoms with Crippen molar-refractivity contribution in [1.82, 2.24) is 0 Å². The minimum absolute atomic E-state index is 0.103. The Kier molecular flexibility index (Phi) is 9.73. The van der Waals surface area contributed by atoms with E-state index in [1.54, 1.807) is 6.07 Å². The Morgan fingerprint density at radius 2 is 1.24 bits per heavy atom. The van der Waals surface area contributed by atoms with Crippen LogP contribution in [-0.4, -0.2) is 83.4 Å². The maximum atomic E-state index is 11.8. The minimum Gasteiger partial charge on any atom is -0.507 e. The second-order valence-electron chi connectivity index (χ2n) is 14.7. The second kappa shape index (κ2) is 13.9. The van der Waals surface area contributed by atoms with Crippen LogP contribution in [0.5, 0.6) is 17.2 Å². The molecule has 1 N–H and O–H groups in total. The fraction of sp³-hybridized carbons (Fsp3) is 0.500. The van der Waals surface area contributed by atoms with Gasteiger partial charge in [0.1, 0.15) is 19.0 Å². The normalized spacial score (nSPS) is 25.4. The molecule has 0 saturated carbocycles. The molecule has 4 aromatic carbocycles. The molecule has 4 aromatic rings. The Morgan fingerprint density at radius 1 is 0.620 bits per heavy atom. The van der Waals surface area contributed by atoms with Crippen LogP contribution in [0.25, 0.3) is 32.7 Å². The van der Waals surface area contributed by atoms with Gasteiger partial charge >= 0.3 is 0 Å². The number of phenolic OH excluding ortho intramolecular Hbond substituents is 1. The van der Waals surface area contributed by atoms with Crippen LogP contribution in [0.15, 0.2) is 60.7 Å². The molecule has 10 heteroatoms. The summed E-state index contributed by atoms with van der Waals surface area (Å²) in [5, 5.41) is 15.3. The Balaban J connectivity index is 1.38. The van der Waals surface area contributed by atoms with Crippen LogP contribution in [-0.2, 0) is 39.2 Å². The number of hydrogen-bond donors (Lipinski definition) is 1. The molecule has 0 aliphatic carbocycles. The molecule has 0 aromatic heterocycles. The van der Waals surface area contributed by atoms with E-state index < -0.39 is 11.4 Å². The Labute approximate surface area is 293 Å². The van der Waals surface area contributed by atoms with Crippen LogP contribution >= 0.6 is 0 Å².